The first-order chi connectivity index (χ1) is 13.0. The van der Waals surface area contributed by atoms with Gasteiger partial charge in [-0.15, -0.1) is 10.2 Å². The topological polar surface area (TPSA) is 69.0 Å². The van der Waals surface area contributed by atoms with Gasteiger partial charge in [0, 0.05) is 5.02 Å². The van der Waals surface area contributed by atoms with Gasteiger partial charge < -0.3 is 10.1 Å². The first-order valence-corrected chi connectivity index (χ1v) is 9.58. The number of thioether (sulfide) groups is 1. The molecule has 0 fully saturated rings. The number of ether oxygens (including phenoxy) is 1. The largest absolute Gasteiger partial charge is 0.495 e. The van der Waals surface area contributed by atoms with Crippen LogP contribution in [0.3, 0.4) is 0 Å². The van der Waals surface area contributed by atoms with E-state index in [0.717, 1.165) is 16.8 Å². The van der Waals surface area contributed by atoms with Gasteiger partial charge in [-0.3, -0.25) is 9.36 Å². The summed E-state index contributed by atoms with van der Waals surface area (Å²) in [5.41, 5.74) is 3.53. The van der Waals surface area contributed by atoms with Crippen LogP contribution in [0.4, 0.5) is 5.69 Å². The molecule has 0 aliphatic heterocycles. The number of aromatic nitrogens is 3. The number of methoxy groups -OCH3 is 1. The summed E-state index contributed by atoms with van der Waals surface area (Å²) in [6.07, 6.45) is 1.60. The van der Waals surface area contributed by atoms with Gasteiger partial charge >= 0.3 is 0 Å². The summed E-state index contributed by atoms with van der Waals surface area (Å²) < 4.78 is 7.09. The number of hydrogen-bond donors (Lipinski definition) is 1. The van der Waals surface area contributed by atoms with Crippen LogP contribution >= 0.6 is 23.4 Å². The third-order valence-corrected chi connectivity index (χ3v) is 5.26. The summed E-state index contributed by atoms with van der Waals surface area (Å²) in [4.78, 5) is 12.4. The number of nitrogens with zero attached hydrogens (tertiary/aromatic N) is 3. The maximum atomic E-state index is 12.4. The molecule has 8 heteroatoms. The minimum atomic E-state index is -0.152. The Bertz CT molecular complexity index is 974. The smallest absolute Gasteiger partial charge is 0.234 e. The lowest BCUT2D eigenvalue weighted by Gasteiger charge is -2.11. The molecule has 0 aliphatic carbocycles. The third-order valence-electron chi connectivity index (χ3n) is 3.91. The van der Waals surface area contributed by atoms with Gasteiger partial charge in [-0.2, -0.15) is 0 Å². The number of nitrogens with one attached hydrogen (secondary N) is 1. The Morgan fingerprint density at radius 3 is 2.81 bits per heavy atom. The zero-order valence-corrected chi connectivity index (χ0v) is 16.8. The Labute approximate surface area is 166 Å². The Hall–Kier alpha value is -2.51. The van der Waals surface area contributed by atoms with Crippen LogP contribution < -0.4 is 10.1 Å². The molecule has 1 amide bonds. The molecule has 1 heterocycles. The highest BCUT2D eigenvalue weighted by molar-refractivity contribution is 7.99. The highest BCUT2D eigenvalue weighted by Crippen LogP contribution is 2.27. The van der Waals surface area contributed by atoms with E-state index in [1.807, 2.05) is 50.2 Å². The summed E-state index contributed by atoms with van der Waals surface area (Å²) >= 11 is 7.50. The molecule has 0 saturated carbocycles. The van der Waals surface area contributed by atoms with Gasteiger partial charge in [0.1, 0.15) is 12.1 Å². The molecule has 2 aromatic carbocycles. The summed E-state index contributed by atoms with van der Waals surface area (Å²) in [7, 11) is 1.57. The fourth-order valence-corrected chi connectivity index (χ4v) is 3.37. The van der Waals surface area contributed by atoms with Crippen LogP contribution in [0.25, 0.3) is 5.69 Å². The summed E-state index contributed by atoms with van der Waals surface area (Å²) in [6, 6.07) is 11.4. The number of carbonyl (C=O) groups is 1. The normalized spacial score (nSPS) is 10.7. The summed E-state index contributed by atoms with van der Waals surface area (Å²) in [5.74, 6) is 0.659. The second-order valence-corrected chi connectivity index (χ2v) is 7.31. The van der Waals surface area contributed by atoms with Crippen LogP contribution in [-0.4, -0.2) is 33.5 Å². The van der Waals surface area contributed by atoms with E-state index in [-0.39, 0.29) is 11.7 Å². The first-order valence-electron chi connectivity index (χ1n) is 8.22. The van der Waals surface area contributed by atoms with Crippen molar-refractivity contribution in [3.05, 3.63) is 58.9 Å². The lowest BCUT2D eigenvalue weighted by Crippen LogP contribution is -2.15. The molecule has 0 spiro atoms. The van der Waals surface area contributed by atoms with E-state index in [9.17, 15) is 4.79 Å². The van der Waals surface area contributed by atoms with Crippen molar-refractivity contribution in [1.82, 2.24) is 14.8 Å². The molecule has 0 bridgehead atoms. The van der Waals surface area contributed by atoms with E-state index in [2.05, 4.69) is 15.5 Å². The molecular weight excluding hydrogens is 384 g/mol. The minimum Gasteiger partial charge on any atom is -0.495 e. The molecule has 0 saturated heterocycles. The molecule has 1 aromatic heterocycles. The number of amides is 1. The fraction of sp³-hybridized carbons (Fsp3) is 0.211. The molecule has 140 valence electrons. The summed E-state index contributed by atoms with van der Waals surface area (Å²) in [5, 5.41) is 12.2. The van der Waals surface area contributed by atoms with Crippen molar-refractivity contribution in [2.24, 2.45) is 0 Å². The van der Waals surface area contributed by atoms with E-state index < -0.39 is 0 Å². The van der Waals surface area contributed by atoms with Crippen molar-refractivity contribution in [3.63, 3.8) is 0 Å². The molecule has 27 heavy (non-hydrogen) atoms. The highest BCUT2D eigenvalue weighted by Gasteiger charge is 2.13. The molecule has 3 aromatic rings. The second kappa shape index (κ2) is 8.45. The zero-order chi connectivity index (χ0) is 19.4. The lowest BCUT2D eigenvalue weighted by atomic mass is 10.2. The van der Waals surface area contributed by atoms with Gasteiger partial charge in [0.15, 0.2) is 5.16 Å². The van der Waals surface area contributed by atoms with Crippen LogP contribution in [0, 0.1) is 13.8 Å². The SMILES string of the molecule is COc1ccc(C)cc1NC(=O)CSc1nncn1-c1ccc(C)c(Cl)c1. The monoisotopic (exact) mass is 402 g/mol. The van der Waals surface area contributed by atoms with E-state index in [0.29, 0.717) is 21.6 Å². The summed E-state index contributed by atoms with van der Waals surface area (Å²) in [6.45, 7) is 3.90. The molecule has 0 radical (unpaired) electrons. The number of hydrogen-bond acceptors (Lipinski definition) is 5. The number of carbonyl (C=O) groups excluding carboxylic acids is 1. The predicted octanol–water partition coefficient (Wildman–Crippen LogP) is 4.28. The van der Waals surface area contributed by atoms with Crippen molar-refractivity contribution in [3.8, 4) is 11.4 Å². The van der Waals surface area contributed by atoms with Crippen molar-refractivity contribution in [2.45, 2.75) is 19.0 Å². The molecular formula is C19H19ClN4O2S. The fourth-order valence-electron chi connectivity index (χ4n) is 2.47. The molecule has 0 atom stereocenters. The van der Waals surface area contributed by atoms with Crippen LogP contribution in [0.2, 0.25) is 5.02 Å². The van der Waals surface area contributed by atoms with Crippen molar-refractivity contribution < 1.29 is 9.53 Å². The Kier molecular flexibility index (Phi) is 6.03. The van der Waals surface area contributed by atoms with Gasteiger partial charge in [0.2, 0.25) is 5.91 Å². The lowest BCUT2D eigenvalue weighted by molar-refractivity contribution is -0.113. The van der Waals surface area contributed by atoms with Gasteiger partial charge in [-0.1, -0.05) is 35.5 Å². The van der Waals surface area contributed by atoms with E-state index in [4.69, 9.17) is 16.3 Å². The molecule has 6 nitrogen and oxygen atoms in total. The average Bonchev–Trinajstić information content (AvgIpc) is 3.11. The highest BCUT2D eigenvalue weighted by atomic mass is 35.5. The Balaban J connectivity index is 1.69. The van der Waals surface area contributed by atoms with Gasteiger partial charge in [-0.25, -0.2) is 0 Å². The predicted molar refractivity (Wildman–Crippen MR) is 108 cm³/mol. The number of aryl methyl sites for hydroxylation is 2. The minimum absolute atomic E-state index is 0.152. The van der Waals surface area contributed by atoms with E-state index in [1.165, 1.54) is 11.8 Å². The van der Waals surface area contributed by atoms with Crippen LogP contribution in [0.5, 0.6) is 5.75 Å². The molecule has 0 unspecified atom stereocenters. The number of halogens is 1. The first kappa shape index (κ1) is 19.3. The Morgan fingerprint density at radius 1 is 1.26 bits per heavy atom. The maximum absolute atomic E-state index is 12.4. The standard InChI is InChI=1S/C19H19ClN4O2S/c1-12-4-7-17(26-3)16(8-12)22-18(25)10-27-19-23-21-11-24(19)14-6-5-13(2)15(20)9-14/h4-9,11H,10H2,1-3H3,(H,22,25). The molecule has 0 aliphatic rings. The molecule has 3 rings (SSSR count). The zero-order valence-electron chi connectivity index (χ0n) is 15.2. The molecule has 1 N–H and O–H groups in total. The van der Waals surface area contributed by atoms with Crippen molar-refractivity contribution in [2.75, 3.05) is 18.2 Å². The Morgan fingerprint density at radius 2 is 2.07 bits per heavy atom. The average molecular weight is 403 g/mol. The number of rotatable bonds is 6. The van der Waals surface area contributed by atoms with Gasteiger partial charge in [0.05, 0.1) is 24.2 Å². The third kappa shape index (κ3) is 4.61. The van der Waals surface area contributed by atoms with E-state index >= 15 is 0 Å². The van der Waals surface area contributed by atoms with Crippen LogP contribution in [0.15, 0.2) is 47.9 Å². The quantitative estimate of drug-likeness (QED) is 0.623. The maximum Gasteiger partial charge on any atom is 0.234 e. The number of benzene rings is 2. The second-order valence-electron chi connectivity index (χ2n) is 5.96. The van der Waals surface area contributed by atoms with Crippen molar-refractivity contribution in [1.29, 1.82) is 0 Å². The van der Waals surface area contributed by atoms with Crippen molar-refractivity contribution >= 4 is 35.0 Å². The van der Waals surface area contributed by atoms with Crippen LogP contribution in [-0.2, 0) is 4.79 Å². The van der Waals surface area contributed by atoms with Gasteiger partial charge in [-0.05, 0) is 49.2 Å². The number of anilines is 1. The van der Waals surface area contributed by atoms with Gasteiger partial charge in [0.25, 0.3) is 0 Å². The van der Waals surface area contributed by atoms with Crippen LogP contribution in [0.1, 0.15) is 11.1 Å². The van der Waals surface area contributed by atoms with E-state index in [1.54, 1.807) is 18.0 Å².